The van der Waals surface area contributed by atoms with Crippen molar-refractivity contribution in [3.8, 4) is 11.5 Å². The zero-order valence-electron chi connectivity index (χ0n) is 11.2. The number of nitrogens with one attached hydrogen (secondary N) is 2. The molecule has 1 atom stereocenters. The molecule has 2 aromatic carbocycles. The first kappa shape index (κ1) is 13.6. The molecule has 6 heteroatoms. The molecule has 1 aliphatic heterocycles. The molecule has 0 fully saturated rings. The highest BCUT2D eigenvalue weighted by atomic mass is 35.5. The number of hydrogen-bond acceptors (Lipinski definition) is 4. The number of rotatable bonds is 2. The van der Waals surface area contributed by atoms with Crippen molar-refractivity contribution in [3.63, 3.8) is 0 Å². The number of phenolic OH excluding ortho intramolecular Hbond substituents is 1. The van der Waals surface area contributed by atoms with Gasteiger partial charge in [-0.15, -0.1) is 0 Å². The second-order valence-corrected chi connectivity index (χ2v) is 5.06. The standard InChI is InChI=1S/C15H13ClN2O3/c1-21-12-7-8(6-10(16)13(12)19)14-17-11-5-3-2-4-9(11)15(20)18-14/h2-7,14,17,19H,1H3,(H,18,20)/t14-/m1/s1. The Bertz CT molecular complexity index is 718. The summed E-state index contributed by atoms with van der Waals surface area (Å²) in [7, 11) is 1.44. The van der Waals surface area contributed by atoms with Crippen LogP contribution in [0, 0.1) is 0 Å². The van der Waals surface area contributed by atoms with Crippen LogP contribution in [0.25, 0.3) is 0 Å². The molecule has 3 rings (SSSR count). The lowest BCUT2D eigenvalue weighted by molar-refractivity contribution is 0.0935. The lowest BCUT2D eigenvalue weighted by atomic mass is 10.1. The van der Waals surface area contributed by atoms with Gasteiger partial charge in [-0.1, -0.05) is 23.7 Å². The van der Waals surface area contributed by atoms with Crippen LogP contribution >= 0.6 is 11.6 Å². The maximum atomic E-state index is 12.1. The number of hydrogen-bond donors (Lipinski definition) is 3. The van der Waals surface area contributed by atoms with Gasteiger partial charge in [-0.3, -0.25) is 4.79 Å². The van der Waals surface area contributed by atoms with Crippen molar-refractivity contribution in [2.75, 3.05) is 12.4 Å². The van der Waals surface area contributed by atoms with Gasteiger partial charge in [0.15, 0.2) is 11.5 Å². The molecule has 21 heavy (non-hydrogen) atoms. The third kappa shape index (κ3) is 2.36. The van der Waals surface area contributed by atoms with E-state index in [4.69, 9.17) is 16.3 Å². The maximum Gasteiger partial charge on any atom is 0.255 e. The average Bonchev–Trinajstić information content (AvgIpc) is 2.50. The molecule has 108 valence electrons. The lowest BCUT2D eigenvalue weighted by Crippen LogP contribution is -2.38. The summed E-state index contributed by atoms with van der Waals surface area (Å²) in [6.45, 7) is 0. The smallest absolute Gasteiger partial charge is 0.255 e. The van der Waals surface area contributed by atoms with Gasteiger partial charge in [-0.2, -0.15) is 0 Å². The molecule has 0 spiro atoms. The SMILES string of the molecule is COc1cc([C@H]2NC(=O)c3ccccc3N2)cc(Cl)c1O. The molecule has 1 amide bonds. The molecular formula is C15H13ClN2O3. The fourth-order valence-corrected chi connectivity index (χ4v) is 2.51. The van der Waals surface area contributed by atoms with Crippen LogP contribution in [-0.4, -0.2) is 18.1 Å². The molecular weight excluding hydrogens is 292 g/mol. The molecule has 0 unspecified atom stereocenters. The van der Waals surface area contributed by atoms with E-state index in [-0.39, 0.29) is 22.4 Å². The molecule has 0 aliphatic carbocycles. The van der Waals surface area contributed by atoms with Crippen LogP contribution in [0.15, 0.2) is 36.4 Å². The third-order valence-electron chi connectivity index (χ3n) is 3.35. The zero-order valence-corrected chi connectivity index (χ0v) is 11.9. The predicted octanol–water partition coefficient (Wildman–Crippen LogP) is 2.91. The molecule has 0 radical (unpaired) electrons. The van der Waals surface area contributed by atoms with Crippen molar-refractivity contribution >= 4 is 23.2 Å². The summed E-state index contributed by atoms with van der Waals surface area (Å²) in [4.78, 5) is 12.1. The van der Waals surface area contributed by atoms with E-state index < -0.39 is 6.17 Å². The number of carbonyl (C=O) groups is 1. The highest BCUT2D eigenvalue weighted by Crippen LogP contribution is 2.37. The number of anilines is 1. The summed E-state index contributed by atoms with van der Waals surface area (Å²) in [5.74, 6) is -0.0321. The Morgan fingerprint density at radius 1 is 1.24 bits per heavy atom. The minimum absolute atomic E-state index is 0.120. The zero-order chi connectivity index (χ0) is 15.0. The normalized spacial score (nSPS) is 16.7. The van der Waals surface area contributed by atoms with Gasteiger partial charge in [-0.05, 0) is 29.8 Å². The number of methoxy groups -OCH3 is 1. The van der Waals surface area contributed by atoms with Crippen LogP contribution in [0.1, 0.15) is 22.1 Å². The number of aromatic hydroxyl groups is 1. The number of halogens is 1. The van der Waals surface area contributed by atoms with Gasteiger partial charge < -0.3 is 20.5 Å². The first-order valence-corrected chi connectivity index (χ1v) is 6.71. The van der Waals surface area contributed by atoms with Gasteiger partial charge in [0.05, 0.1) is 17.7 Å². The average molecular weight is 305 g/mol. The van der Waals surface area contributed by atoms with E-state index in [0.717, 1.165) is 5.69 Å². The van der Waals surface area contributed by atoms with E-state index in [0.29, 0.717) is 11.1 Å². The second-order valence-electron chi connectivity index (χ2n) is 4.65. The molecule has 0 saturated carbocycles. The molecule has 0 saturated heterocycles. The molecule has 0 bridgehead atoms. The monoisotopic (exact) mass is 304 g/mol. The summed E-state index contributed by atoms with van der Waals surface area (Å²) < 4.78 is 5.08. The first-order chi connectivity index (χ1) is 10.1. The van der Waals surface area contributed by atoms with Crippen molar-refractivity contribution in [2.24, 2.45) is 0 Å². The third-order valence-corrected chi connectivity index (χ3v) is 3.64. The predicted molar refractivity (Wildman–Crippen MR) is 79.9 cm³/mol. The molecule has 1 aliphatic rings. The molecule has 2 aromatic rings. The summed E-state index contributed by atoms with van der Waals surface area (Å²) >= 11 is 5.98. The van der Waals surface area contributed by atoms with Crippen LogP contribution in [-0.2, 0) is 0 Å². The van der Waals surface area contributed by atoms with Crippen molar-refractivity contribution in [1.29, 1.82) is 0 Å². The number of phenols is 1. The minimum Gasteiger partial charge on any atom is -0.503 e. The summed E-state index contributed by atoms with van der Waals surface area (Å²) in [6.07, 6.45) is -0.445. The number of para-hydroxylation sites is 1. The van der Waals surface area contributed by atoms with Crippen molar-refractivity contribution in [3.05, 3.63) is 52.5 Å². The lowest BCUT2D eigenvalue weighted by Gasteiger charge is -2.28. The number of carbonyl (C=O) groups excluding carboxylic acids is 1. The molecule has 3 N–H and O–H groups in total. The Kier molecular flexibility index (Phi) is 3.35. The number of ether oxygens (including phenoxy) is 1. The van der Waals surface area contributed by atoms with E-state index in [9.17, 15) is 9.90 Å². The Morgan fingerprint density at radius 2 is 2.00 bits per heavy atom. The minimum atomic E-state index is -0.445. The molecule has 5 nitrogen and oxygen atoms in total. The highest BCUT2D eigenvalue weighted by Gasteiger charge is 2.25. The number of benzene rings is 2. The second kappa shape index (κ2) is 5.18. The van der Waals surface area contributed by atoms with Crippen molar-refractivity contribution in [1.82, 2.24) is 5.32 Å². The van der Waals surface area contributed by atoms with Crippen LogP contribution < -0.4 is 15.4 Å². The summed E-state index contributed by atoms with van der Waals surface area (Å²) in [5.41, 5.74) is 2.03. The Balaban J connectivity index is 2.00. The molecule has 0 aromatic heterocycles. The van der Waals surface area contributed by atoms with Crippen LogP contribution in [0.3, 0.4) is 0 Å². The van der Waals surface area contributed by atoms with Gasteiger partial charge in [0.2, 0.25) is 0 Å². The van der Waals surface area contributed by atoms with Crippen LogP contribution in [0.2, 0.25) is 5.02 Å². The molecule has 1 heterocycles. The van der Waals surface area contributed by atoms with E-state index in [2.05, 4.69) is 10.6 Å². The van der Waals surface area contributed by atoms with Gasteiger partial charge in [0.1, 0.15) is 6.17 Å². The Morgan fingerprint density at radius 3 is 2.76 bits per heavy atom. The van der Waals surface area contributed by atoms with E-state index in [1.807, 2.05) is 12.1 Å². The summed E-state index contributed by atoms with van der Waals surface area (Å²) in [5, 5.41) is 16.0. The Hall–Kier alpha value is -2.40. The van der Waals surface area contributed by atoms with Gasteiger partial charge in [0, 0.05) is 5.69 Å². The topological polar surface area (TPSA) is 70.6 Å². The van der Waals surface area contributed by atoms with Gasteiger partial charge in [0.25, 0.3) is 5.91 Å². The van der Waals surface area contributed by atoms with Crippen LogP contribution in [0.5, 0.6) is 11.5 Å². The maximum absolute atomic E-state index is 12.1. The highest BCUT2D eigenvalue weighted by molar-refractivity contribution is 6.32. The van der Waals surface area contributed by atoms with Gasteiger partial charge >= 0.3 is 0 Å². The fraction of sp³-hybridized carbons (Fsp3) is 0.133. The van der Waals surface area contributed by atoms with Gasteiger partial charge in [-0.25, -0.2) is 0 Å². The summed E-state index contributed by atoms with van der Waals surface area (Å²) in [6, 6.07) is 10.5. The van der Waals surface area contributed by atoms with Crippen LogP contribution in [0.4, 0.5) is 5.69 Å². The Labute approximate surface area is 126 Å². The first-order valence-electron chi connectivity index (χ1n) is 6.33. The van der Waals surface area contributed by atoms with Crippen molar-refractivity contribution < 1.29 is 14.6 Å². The quantitative estimate of drug-likeness (QED) is 0.798. The van der Waals surface area contributed by atoms with E-state index in [1.165, 1.54) is 7.11 Å². The number of amides is 1. The van der Waals surface area contributed by atoms with E-state index in [1.54, 1.807) is 24.3 Å². The number of fused-ring (bicyclic) bond motifs is 1. The van der Waals surface area contributed by atoms with E-state index >= 15 is 0 Å². The fourth-order valence-electron chi connectivity index (χ4n) is 2.29. The van der Waals surface area contributed by atoms with Crippen molar-refractivity contribution in [2.45, 2.75) is 6.17 Å². The largest absolute Gasteiger partial charge is 0.503 e.